The first-order valence-electron chi connectivity index (χ1n) is 7.94. The van der Waals surface area contributed by atoms with Gasteiger partial charge in [0.15, 0.2) is 5.69 Å². The summed E-state index contributed by atoms with van der Waals surface area (Å²) in [7, 11) is 1.72. The number of fused-ring (bicyclic) bond motifs is 1. The second-order valence-electron chi connectivity index (χ2n) is 6.29. The minimum atomic E-state index is -0.387. The Morgan fingerprint density at radius 1 is 1.25 bits per heavy atom. The Morgan fingerprint density at radius 2 is 1.92 bits per heavy atom. The Kier molecular flexibility index (Phi) is 4.09. The molecule has 1 saturated heterocycles. The summed E-state index contributed by atoms with van der Waals surface area (Å²) in [6.07, 6.45) is 1.04. The molecule has 3 rings (SSSR count). The molecule has 2 heterocycles. The van der Waals surface area contributed by atoms with E-state index >= 15 is 0 Å². The number of hydrogen-bond donors (Lipinski definition) is 1. The third-order valence-corrected chi connectivity index (χ3v) is 4.60. The van der Waals surface area contributed by atoms with Gasteiger partial charge in [-0.3, -0.25) is 19.1 Å². The Bertz CT molecular complexity index is 879. The maximum Gasteiger partial charge on any atom is 0.278 e. The van der Waals surface area contributed by atoms with Crippen LogP contribution in [0.5, 0.6) is 0 Å². The quantitative estimate of drug-likeness (QED) is 0.872. The monoisotopic (exact) mass is 328 g/mol. The lowest BCUT2D eigenvalue weighted by Gasteiger charge is -2.30. The average Bonchev–Trinajstić information content (AvgIpc) is 2.57. The van der Waals surface area contributed by atoms with Gasteiger partial charge in [-0.15, -0.1) is 0 Å². The van der Waals surface area contributed by atoms with Crippen molar-refractivity contribution in [2.24, 2.45) is 18.7 Å². The highest BCUT2D eigenvalue weighted by atomic mass is 16.2. The summed E-state index contributed by atoms with van der Waals surface area (Å²) in [5.74, 6) is -0.927. The maximum atomic E-state index is 12.7. The largest absolute Gasteiger partial charge is 0.369 e. The molecule has 2 aromatic rings. The molecule has 0 unspecified atom stereocenters. The fourth-order valence-corrected chi connectivity index (χ4v) is 3.15. The Labute approximate surface area is 139 Å². The van der Waals surface area contributed by atoms with Gasteiger partial charge in [-0.2, -0.15) is 5.10 Å². The zero-order valence-electron chi connectivity index (χ0n) is 13.8. The van der Waals surface area contributed by atoms with E-state index in [9.17, 15) is 14.4 Å². The first-order valence-corrected chi connectivity index (χ1v) is 7.94. The maximum absolute atomic E-state index is 12.7. The summed E-state index contributed by atoms with van der Waals surface area (Å²) in [6, 6.07) is 5.50. The number of nitrogens with two attached hydrogens (primary N) is 1. The van der Waals surface area contributed by atoms with Gasteiger partial charge in [0.2, 0.25) is 11.3 Å². The average molecular weight is 328 g/mol. The van der Waals surface area contributed by atoms with Crippen molar-refractivity contribution in [3.63, 3.8) is 0 Å². The van der Waals surface area contributed by atoms with Crippen LogP contribution in [0.4, 0.5) is 0 Å². The fraction of sp³-hybridized carbons (Fsp3) is 0.412. The number of aryl methyl sites for hydroxylation is 2. The van der Waals surface area contributed by atoms with Crippen LogP contribution in [0.25, 0.3) is 10.9 Å². The number of likely N-dealkylation sites (tertiary alicyclic amines) is 1. The van der Waals surface area contributed by atoms with Gasteiger partial charge in [0.05, 0.1) is 10.9 Å². The molecule has 0 radical (unpaired) electrons. The second-order valence-corrected chi connectivity index (χ2v) is 6.29. The number of amides is 2. The summed E-state index contributed by atoms with van der Waals surface area (Å²) in [5, 5.41) is 4.67. The van der Waals surface area contributed by atoms with Gasteiger partial charge >= 0.3 is 0 Å². The number of aromatic nitrogens is 2. The lowest BCUT2D eigenvalue weighted by Crippen LogP contribution is -2.43. The second kappa shape index (κ2) is 6.07. The Hall–Kier alpha value is -2.70. The summed E-state index contributed by atoms with van der Waals surface area (Å²) in [4.78, 5) is 38.2. The molecule has 126 valence electrons. The predicted octanol–water partition coefficient (Wildman–Crippen LogP) is 0.579. The van der Waals surface area contributed by atoms with Crippen molar-refractivity contribution >= 4 is 22.7 Å². The summed E-state index contributed by atoms with van der Waals surface area (Å²) < 4.78 is 1.56. The Balaban J connectivity index is 1.95. The molecule has 24 heavy (non-hydrogen) atoms. The first kappa shape index (κ1) is 16.2. The SMILES string of the molecule is Cc1ccc2c(c1)c(=O)c(C(=O)N1CCC(C(N)=O)CC1)nn2C. The minimum absolute atomic E-state index is 0.0758. The third-order valence-electron chi connectivity index (χ3n) is 4.60. The van der Waals surface area contributed by atoms with Gasteiger partial charge < -0.3 is 10.6 Å². The van der Waals surface area contributed by atoms with Crippen LogP contribution in [0.2, 0.25) is 0 Å². The fourth-order valence-electron chi connectivity index (χ4n) is 3.15. The van der Waals surface area contributed by atoms with Gasteiger partial charge in [-0.05, 0) is 31.9 Å². The van der Waals surface area contributed by atoms with Crippen LogP contribution >= 0.6 is 0 Å². The molecular weight excluding hydrogens is 308 g/mol. The molecule has 0 bridgehead atoms. The predicted molar refractivity (Wildman–Crippen MR) is 89.5 cm³/mol. The standard InChI is InChI=1S/C17H20N4O3/c1-10-3-4-13-12(9-10)15(22)14(19-20(13)2)17(24)21-7-5-11(6-8-21)16(18)23/h3-4,9,11H,5-8H2,1-2H3,(H2,18,23). The topological polar surface area (TPSA) is 98.3 Å². The number of nitrogens with zero attached hydrogens (tertiary/aromatic N) is 3. The smallest absolute Gasteiger partial charge is 0.278 e. The molecule has 1 aliphatic heterocycles. The van der Waals surface area contributed by atoms with E-state index in [2.05, 4.69) is 5.10 Å². The van der Waals surface area contributed by atoms with Crippen molar-refractivity contribution < 1.29 is 9.59 Å². The normalized spacial score (nSPS) is 15.7. The number of rotatable bonds is 2. The highest BCUT2D eigenvalue weighted by molar-refractivity contribution is 5.95. The molecule has 1 aromatic carbocycles. The van der Waals surface area contributed by atoms with E-state index in [0.717, 1.165) is 5.56 Å². The number of hydrogen-bond acceptors (Lipinski definition) is 4. The Morgan fingerprint density at radius 3 is 2.54 bits per heavy atom. The van der Waals surface area contributed by atoms with E-state index in [1.54, 1.807) is 22.7 Å². The van der Waals surface area contributed by atoms with Gasteiger partial charge in [-0.25, -0.2) is 0 Å². The summed E-state index contributed by atoms with van der Waals surface area (Å²) in [5.41, 5.74) is 6.52. The van der Waals surface area contributed by atoms with Crippen LogP contribution in [0.3, 0.4) is 0 Å². The molecule has 0 spiro atoms. The molecule has 7 nitrogen and oxygen atoms in total. The lowest BCUT2D eigenvalue weighted by atomic mass is 9.96. The van der Waals surface area contributed by atoms with Crippen molar-refractivity contribution in [2.75, 3.05) is 13.1 Å². The third kappa shape index (κ3) is 2.77. The van der Waals surface area contributed by atoms with E-state index in [1.165, 1.54) is 0 Å². The van der Waals surface area contributed by atoms with E-state index in [-0.39, 0.29) is 28.9 Å². The van der Waals surface area contributed by atoms with Crippen molar-refractivity contribution in [2.45, 2.75) is 19.8 Å². The molecule has 1 aromatic heterocycles. The van der Waals surface area contributed by atoms with Gasteiger partial charge in [0.25, 0.3) is 5.91 Å². The molecular formula is C17H20N4O3. The van der Waals surface area contributed by atoms with Crippen LogP contribution in [0.15, 0.2) is 23.0 Å². The van der Waals surface area contributed by atoms with Gasteiger partial charge in [-0.1, -0.05) is 11.6 Å². The van der Waals surface area contributed by atoms with Gasteiger partial charge in [0.1, 0.15) is 0 Å². The summed E-state index contributed by atoms with van der Waals surface area (Å²) >= 11 is 0. The number of benzene rings is 1. The van der Waals surface area contributed by atoms with Crippen LogP contribution in [-0.2, 0) is 11.8 Å². The van der Waals surface area contributed by atoms with E-state index in [0.29, 0.717) is 36.8 Å². The molecule has 0 aliphatic carbocycles. The van der Waals surface area contributed by atoms with Crippen LogP contribution in [-0.4, -0.2) is 39.6 Å². The number of primary amides is 1. The van der Waals surface area contributed by atoms with Crippen molar-refractivity contribution in [3.05, 3.63) is 39.7 Å². The zero-order valence-corrected chi connectivity index (χ0v) is 13.8. The molecule has 7 heteroatoms. The lowest BCUT2D eigenvalue weighted by molar-refractivity contribution is -0.123. The van der Waals surface area contributed by atoms with Crippen molar-refractivity contribution in [3.8, 4) is 0 Å². The highest BCUT2D eigenvalue weighted by Crippen LogP contribution is 2.18. The van der Waals surface area contributed by atoms with E-state index < -0.39 is 0 Å². The zero-order chi connectivity index (χ0) is 17.4. The molecule has 0 atom stereocenters. The molecule has 2 N–H and O–H groups in total. The molecule has 1 fully saturated rings. The van der Waals surface area contributed by atoms with Crippen LogP contribution in [0.1, 0.15) is 28.9 Å². The van der Waals surface area contributed by atoms with Crippen LogP contribution < -0.4 is 11.2 Å². The van der Waals surface area contributed by atoms with E-state index in [4.69, 9.17) is 5.73 Å². The van der Waals surface area contributed by atoms with Crippen molar-refractivity contribution in [1.29, 1.82) is 0 Å². The summed E-state index contributed by atoms with van der Waals surface area (Å²) in [6.45, 7) is 2.71. The highest BCUT2D eigenvalue weighted by Gasteiger charge is 2.29. The first-order chi connectivity index (χ1) is 11.4. The van der Waals surface area contributed by atoms with Gasteiger partial charge in [0, 0.05) is 26.1 Å². The van der Waals surface area contributed by atoms with E-state index in [1.807, 2.05) is 19.1 Å². The number of carbonyl (C=O) groups is 2. The minimum Gasteiger partial charge on any atom is -0.369 e. The number of piperidine rings is 1. The van der Waals surface area contributed by atoms with Crippen molar-refractivity contribution in [1.82, 2.24) is 14.7 Å². The molecule has 1 aliphatic rings. The molecule has 2 amide bonds. The molecule has 0 saturated carbocycles. The number of carbonyl (C=O) groups excluding carboxylic acids is 2. The van der Waals surface area contributed by atoms with Crippen LogP contribution in [0, 0.1) is 12.8 Å².